The van der Waals surface area contributed by atoms with E-state index >= 15 is 0 Å². The van der Waals surface area contributed by atoms with Gasteiger partial charge in [-0.25, -0.2) is 13.4 Å². The van der Waals surface area contributed by atoms with Crippen LogP contribution in [0.5, 0.6) is 0 Å². The molecular formula is C16H20N4O3S2. The average molecular weight is 380 g/mol. The number of sulfonamides is 1. The van der Waals surface area contributed by atoms with E-state index in [-0.39, 0.29) is 16.8 Å². The summed E-state index contributed by atoms with van der Waals surface area (Å²) in [5, 5.41) is 8.62. The van der Waals surface area contributed by atoms with Gasteiger partial charge in [-0.05, 0) is 25.1 Å². The monoisotopic (exact) mass is 380 g/mol. The zero-order valence-electron chi connectivity index (χ0n) is 13.8. The lowest BCUT2D eigenvalue weighted by Gasteiger charge is -2.26. The molecule has 2 N–H and O–H groups in total. The molecule has 1 amide bonds. The third-order valence-corrected chi connectivity index (χ3v) is 6.83. The van der Waals surface area contributed by atoms with E-state index in [0.717, 1.165) is 5.01 Å². The second kappa shape index (κ2) is 7.61. The SMILES string of the molecule is C[C@H](NC(=O)c1cccc(S(=O)(=O)N2CCNCC2)c1)c1nccs1. The van der Waals surface area contributed by atoms with E-state index in [9.17, 15) is 13.2 Å². The number of hydrogen-bond donors (Lipinski definition) is 2. The lowest BCUT2D eigenvalue weighted by atomic mass is 10.2. The van der Waals surface area contributed by atoms with E-state index in [1.54, 1.807) is 18.3 Å². The Labute approximate surface area is 151 Å². The third kappa shape index (κ3) is 4.06. The molecule has 3 rings (SSSR count). The summed E-state index contributed by atoms with van der Waals surface area (Å²) in [5.41, 5.74) is 0.319. The lowest BCUT2D eigenvalue weighted by Crippen LogP contribution is -2.46. The van der Waals surface area contributed by atoms with Gasteiger partial charge >= 0.3 is 0 Å². The zero-order chi connectivity index (χ0) is 17.9. The molecule has 1 aliphatic rings. The molecule has 1 aliphatic heterocycles. The fraction of sp³-hybridized carbons (Fsp3) is 0.375. The van der Waals surface area contributed by atoms with Crippen LogP contribution in [0, 0.1) is 0 Å². The van der Waals surface area contributed by atoms with Crippen LogP contribution in [0.1, 0.15) is 28.3 Å². The number of carbonyl (C=O) groups is 1. The van der Waals surface area contributed by atoms with Gasteiger partial charge in [-0.15, -0.1) is 11.3 Å². The number of thiazole rings is 1. The van der Waals surface area contributed by atoms with E-state index in [1.807, 2.05) is 12.3 Å². The Bertz CT molecular complexity index is 831. The Morgan fingerprint density at radius 1 is 1.36 bits per heavy atom. The van der Waals surface area contributed by atoms with Gasteiger partial charge in [0.2, 0.25) is 10.0 Å². The quantitative estimate of drug-likeness (QED) is 0.814. The van der Waals surface area contributed by atoms with Crippen molar-refractivity contribution >= 4 is 27.3 Å². The highest BCUT2D eigenvalue weighted by Crippen LogP contribution is 2.19. The molecule has 2 aromatic rings. The number of amides is 1. The summed E-state index contributed by atoms with van der Waals surface area (Å²) in [7, 11) is -3.59. The van der Waals surface area contributed by atoms with Crippen molar-refractivity contribution in [3.8, 4) is 0 Å². The first-order valence-electron chi connectivity index (χ1n) is 7.99. The highest BCUT2D eigenvalue weighted by molar-refractivity contribution is 7.89. The van der Waals surface area contributed by atoms with Gasteiger partial charge < -0.3 is 10.6 Å². The van der Waals surface area contributed by atoms with Crippen molar-refractivity contribution in [1.82, 2.24) is 19.9 Å². The van der Waals surface area contributed by atoms with Crippen LogP contribution in [-0.4, -0.2) is 49.8 Å². The standard InChI is InChI=1S/C16H20N4O3S2/c1-12(16-18-7-10-24-16)19-15(21)13-3-2-4-14(11-13)25(22,23)20-8-5-17-6-9-20/h2-4,7,10-12,17H,5-6,8-9H2,1H3,(H,19,21)/t12-/m0/s1. The molecule has 0 spiro atoms. The van der Waals surface area contributed by atoms with Crippen molar-refractivity contribution in [2.75, 3.05) is 26.2 Å². The van der Waals surface area contributed by atoms with Crippen molar-refractivity contribution in [1.29, 1.82) is 0 Å². The van der Waals surface area contributed by atoms with Crippen LogP contribution < -0.4 is 10.6 Å². The number of aromatic nitrogens is 1. The summed E-state index contributed by atoms with van der Waals surface area (Å²) in [6, 6.07) is 5.93. The normalized spacial score (nSPS) is 17.2. The van der Waals surface area contributed by atoms with Crippen LogP contribution in [0.25, 0.3) is 0 Å². The van der Waals surface area contributed by atoms with Crippen LogP contribution in [-0.2, 0) is 10.0 Å². The van der Waals surface area contributed by atoms with Crippen molar-refractivity contribution in [2.24, 2.45) is 0 Å². The molecule has 134 valence electrons. The fourth-order valence-electron chi connectivity index (χ4n) is 2.62. The summed E-state index contributed by atoms with van der Waals surface area (Å²) >= 11 is 1.46. The number of piperazine rings is 1. The lowest BCUT2D eigenvalue weighted by molar-refractivity contribution is 0.0939. The van der Waals surface area contributed by atoms with E-state index in [4.69, 9.17) is 0 Å². The topological polar surface area (TPSA) is 91.4 Å². The first-order valence-corrected chi connectivity index (χ1v) is 10.3. The third-order valence-electron chi connectivity index (χ3n) is 3.98. The number of hydrogen-bond acceptors (Lipinski definition) is 6. The maximum Gasteiger partial charge on any atom is 0.251 e. The van der Waals surface area contributed by atoms with Gasteiger partial charge in [-0.1, -0.05) is 6.07 Å². The first-order chi connectivity index (χ1) is 12.0. The minimum atomic E-state index is -3.59. The smallest absolute Gasteiger partial charge is 0.251 e. The molecule has 0 aliphatic carbocycles. The molecule has 1 atom stereocenters. The van der Waals surface area contributed by atoms with Gasteiger partial charge in [0.25, 0.3) is 5.91 Å². The van der Waals surface area contributed by atoms with Crippen LogP contribution in [0.2, 0.25) is 0 Å². The number of nitrogens with zero attached hydrogens (tertiary/aromatic N) is 2. The Balaban J connectivity index is 1.77. The van der Waals surface area contributed by atoms with E-state index in [2.05, 4.69) is 15.6 Å². The maximum atomic E-state index is 12.7. The van der Waals surface area contributed by atoms with Gasteiger partial charge in [0.05, 0.1) is 10.9 Å². The highest BCUT2D eigenvalue weighted by Gasteiger charge is 2.26. The van der Waals surface area contributed by atoms with Gasteiger partial charge in [0, 0.05) is 43.3 Å². The molecule has 0 radical (unpaired) electrons. The second-order valence-corrected chi connectivity index (χ2v) is 8.61. The fourth-order valence-corrected chi connectivity index (χ4v) is 4.76. The molecular weight excluding hydrogens is 360 g/mol. The molecule has 0 saturated carbocycles. The molecule has 1 aromatic heterocycles. The molecule has 7 nitrogen and oxygen atoms in total. The molecule has 2 heterocycles. The molecule has 1 fully saturated rings. The minimum absolute atomic E-state index is 0.143. The highest BCUT2D eigenvalue weighted by atomic mass is 32.2. The van der Waals surface area contributed by atoms with Gasteiger partial charge in [-0.2, -0.15) is 4.31 Å². The molecule has 1 saturated heterocycles. The van der Waals surface area contributed by atoms with Crippen LogP contribution in [0.15, 0.2) is 40.7 Å². The van der Waals surface area contributed by atoms with Crippen molar-refractivity contribution < 1.29 is 13.2 Å². The van der Waals surface area contributed by atoms with Gasteiger partial charge in [0.15, 0.2) is 0 Å². The summed E-state index contributed by atoms with van der Waals surface area (Å²) in [5.74, 6) is -0.319. The van der Waals surface area contributed by atoms with Gasteiger partial charge in [0.1, 0.15) is 5.01 Å². The largest absolute Gasteiger partial charge is 0.343 e. The number of benzene rings is 1. The van der Waals surface area contributed by atoms with E-state index in [0.29, 0.717) is 31.7 Å². The molecule has 0 unspecified atom stereocenters. The van der Waals surface area contributed by atoms with Crippen molar-refractivity contribution in [3.05, 3.63) is 46.4 Å². The second-order valence-electron chi connectivity index (χ2n) is 5.75. The summed E-state index contributed by atoms with van der Waals surface area (Å²) in [4.78, 5) is 16.8. The Kier molecular flexibility index (Phi) is 5.48. The predicted octanol–water partition coefficient (Wildman–Crippen LogP) is 1.23. The molecule has 9 heteroatoms. The van der Waals surface area contributed by atoms with E-state index in [1.165, 1.54) is 27.8 Å². The van der Waals surface area contributed by atoms with Gasteiger partial charge in [-0.3, -0.25) is 4.79 Å². The van der Waals surface area contributed by atoms with Crippen molar-refractivity contribution in [2.45, 2.75) is 17.9 Å². The first kappa shape index (κ1) is 18.0. The Morgan fingerprint density at radius 2 is 2.12 bits per heavy atom. The summed E-state index contributed by atoms with van der Waals surface area (Å²) in [6.07, 6.45) is 1.68. The molecule has 1 aromatic carbocycles. The van der Waals surface area contributed by atoms with E-state index < -0.39 is 10.0 Å². The van der Waals surface area contributed by atoms with Crippen LogP contribution in [0.3, 0.4) is 0 Å². The summed E-state index contributed by atoms with van der Waals surface area (Å²) < 4.78 is 26.9. The summed E-state index contributed by atoms with van der Waals surface area (Å²) in [6.45, 7) is 3.97. The Morgan fingerprint density at radius 3 is 2.80 bits per heavy atom. The molecule has 0 bridgehead atoms. The van der Waals surface area contributed by atoms with Crippen LogP contribution in [0.4, 0.5) is 0 Å². The Hall–Kier alpha value is -1.81. The van der Waals surface area contributed by atoms with Crippen molar-refractivity contribution in [3.63, 3.8) is 0 Å². The zero-order valence-corrected chi connectivity index (χ0v) is 15.4. The maximum absolute atomic E-state index is 12.7. The molecule has 25 heavy (non-hydrogen) atoms. The predicted molar refractivity (Wildman–Crippen MR) is 96.1 cm³/mol. The number of carbonyl (C=O) groups excluding carboxylic acids is 1. The number of nitrogens with one attached hydrogen (secondary N) is 2. The average Bonchev–Trinajstić information content (AvgIpc) is 3.17. The number of rotatable bonds is 5. The minimum Gasteiger partial charge on any atom is -0.343 e. The van der Waals surface area contributed by atoms with Crippen LogP contribution >= 0.6 is 11.3 Å².